The summed E-state index contributed by atoms with van der Waals surface area (Å²) >= 11 is 3.35. The molecule has 2 rings (SSSR count). The van der Waals surface area contributed by atoms with E-state index in [9.17, 15) is 4.79 Å². The lowest BCUT2D eigenvalue weighted by Crippen LogP contribution is -2.52. The molecule has 0 spiro atoms. The highest BCUT2D eigenvalue weighted by Crippen LogP contribution is 2.29. The molecule has 0 bridgehead atoms. The molecule has 4 nitrogen and oxygen atoms in total. The molecule has 100 valence electrons. The lowest BCUT2D eigenvalue weighted by Gasteiger charge is -2.31. The summed E-state index contributed by atoms with van der Waals surface area (Å²) in [5.74, 6) is -0.141. The third kappa shape index (κ3) is 3.14. The molecule has 0 saturated heterocycles. The average molecular weight is 322 g/mol. The molecule has 5 heteroatoms. The first-order chi connectivity index (χ1) is 9.05. The Labute approximate surface area is 121 Å². The first-order valence-electron chi connectivity index (χ1n) is 6.35. The van der Waals surface area contributed by atoms with Crippen molar-refractivity contribution in [3.05, 3.63) is 28.2 Å². The van der Waals surface area contributed by atoms with E-state index in [1.165, 1.54) is 0 Å². The highest BCUT2D eigenvalue weighted by molar-refractivity contribution is 9.10. The van der Waals surface area contributed by atoms with Crippen LogP contribution in [-0.4, -0.2) is 11.4 Å². The summed E-state index contributed by atoms with van der Waals surface area (Å²) < 4.78 is 0.694. The first-order valence-corrected chi connectivity index (χ1v) is 7.14. The van der Waals surface area contributed by atoms with E-state index in [0.717, 1.165) is 32.1 Å². The minimum Gasteiger partial charge on any atom is -0.323 e. The number of nitrogens with two attached hydrogens (primary N) is 1. The molecule has 1 amide bonds. The van der Waals surface area contributed by atoms with Crippen LogP contribution in [0.5, 0.6) is 0 Å². The Morgan fingerprint density at radius 2 is 2.05 bits per heavy atom. The van der Waals surface area contributed by atoms with Gasteiger partial charge in [-0.25, -0.2) is 0 Å². The molecular formula is C14H16BrN3O. The van der Waals surface area contributed by atoms with Crippen LogP contribution in [0, 0.1) is 11.3 Å². The molecule has 3 N–H and O–H groups in total. The summed E-state index contributed by atoms with van der Waals surface area (Å²) in [5, 5.41) is 11.7. The van der Waals surface area contributed by atoms with Gasteiger partial charge in [0.05, 0.1) is 22.9 Å². The van der Waals surface area contributed by atoms with E-state index in [0.29, 0.717) is 15.7 Å². The van der Waals surface area contributed by atoms with Gasteiger partial charge in [-0.1, -0.05) is 19.3 Å². The van der Waals surface area contributed by atoms with E-state index < -0.39 is 5.54 Å². The van der Waals surface area contributed by atoms with Gasteiger partial charge in [0, 0.05) is 4.47 Å². The molecule has 0 radical (unpaired) electrons. The highest BCUT2D eigenvalue weighted by atomic mass is 79.9. The van der Waals surface area contributed by atoms with Gasteiger partial charge < -0.3 is 11.1 Å². The van der Waals surface area contributed by atoms with Crippen molar-refractivity contribution in [1.29, 1.82) is 5.26 Å². The van der Waals surface area contributed by atoms with Crippen molar-refractivity contribution in [1.82, 2.24) is 0 Å². The van der Waals surface area contributed by atoms with Crippen molar-refractivity contribution in [3.63, 3.8) is 0 Å². The van der Waals surface area contributed by atoms with Crippen LogP contribution in [0.4, 0.5) is 5.69 Å². The summed E-state index contributed by atoms with van der Waals surface area (Å²) in [6, 6.07) is 7.12. The zero-order chi connectivity index (χ0) is 13.9. The quantitative estimate of drug-likeness (QED) is 0.878. The Balaban J connectivity index is 2.13. The highest BCUT2D eigenvalue weighted by Gasteiger charge is 2.35. The monoisotopic (exact) mass is 321 g/mol. The summed E-state index contributed by atoms with van der Waals surface area (Å²) in [6.07, 6.45) is 4.60. The number of benzene rings is 1. The molecule has 1 aliphatic rings. The van der Waals surface area contributed by atoms with Crippen LogP contribution in [0.25, 0.3) is 0 Å². The smallest absolute Gasteiger partial charge is 0.244 e. The molecule has 0 unspecified atom stereocenters. The van der Waals surface area contributed by atoms with Crippen LogP contribution in [-0.2, 0) is 4.79 Å². The number of carbonyl (C=O) groups is 1. The third-order valence-electron chi connectivity index (χ3n) is 3.54. The van der Waals surface area contributed by atoms with E-state index in [1.807, 2.05) is 0 Å². The van der Waals surface area contributed by atoms with Crippen molar-refractivity contribution in [2.45, 2.75) is 37.6 Å². The molecule has 0 atom stereocenters. The van der Waals surface area contributed by atoms with Gasteiger partial charge in [0.15, 0.2) is 0 Å². The Kier molecular flexibility index (Phi) is 4.23. The predicted molar refractivity (Wildman–Crippen MR) is 77.5 cm³/mol. The number of amides is 1. The van der Waals surface area contributed by atoms with Crippen molar-refractivity contribution in [2.24, 2.45) is 5.73 Å². The molecule has 1 aromatic carbocycles. The van der Waals surface area contributed by atoms with Crippen molar-refractivity contribution < 1.29 is 4.79 Å². The largest absolute Gasteiger partial charge is 0.323 e. The number of rotatable bonds is 2. The van der Waals surface area contributed by atoms with Gasteiger partial charge in [0.1, 0.15) is 0 Å². The molecule has 1 saturated carbocycles. The van der Waals surface area contributed by atoms with Crippen LogP contribution in [0.15, 0.2) is 22.7 Å². The second-order valence-corrected chi connectivity index (χ2v) is 5.83. The lowest BCUT2D eigenvalue weighted by molar-refractivity contribution is -0.122. The van der Waals surface area contributed by atoms with Crippen LogP contribution in [0.1, 0.15) is 37.7 Å². The van der Waals surface area contributed by atoms with Gasteiger partial charge in [-0.05, 0) is 47.0 Å². The summed E-state index contributed by atoms with van der Waals surface area (Å²) in [4.78, 5) is 12.3. The fourth-order valence-corrected chi connectivity index (χ4v) is 2.82. The number of carbonyl (C=O) groups excluding carboxylic acids is 1. The van der Waals surface area contributed by atoms with Crippen LogP contribution in [0.2, 0.25) is 0 Å². The first kappa shape index (κ1) is 14.0. The minimum atomic E-state index is -0.758. The molecule has 1 fully saturated rings. The van der Waals surface area contributed by atoms with Gasteiger partial charge in [0.2, 0.25) is 5.91 Å². The maximum absolute atomic E-state index is 12.3. The van der Waals surface area contributed by atoms with E-state index in [-0.39, 0.29) is 5.91 Å². The topological polar surface area (TPSA) is 78.9 Å². The van der Waals surface area contributed by atoms with Crippen molar-refractivity contribution in [3.8, 4) is 6.07 Å². The zero-order valence-corrected chi connectivity index (χ0v) is 12.2. The summed E-state index contributed by atoms with van der Waals surface area (Å²) in [6.45, 7) is 0. The second-order valence-electron chi connectivity index (χ2n) is 4.98. The van der Waals surface area contributed by atoms with E-state index >= 15 is 0 Å². The van der Waals surface area contributed by atoms with Crippen LogP contribution < -0.4 is 11.1 Å². The number of anilines is 1. The molecule has 1 aliphatic carbocycles. The van der Waals surface area contributed by atoms with Gasteiger partial charge >= 0.3 is 0 Å². The maximum Gasteiger partial charge on any atom is 0.244 e. The Morgan fingerprint density at radius 1 is 1.37 bits per heavy atom. The SMILES string of the molecule is N#Cc1ccc(NC(=O)C2(N)CCCCC2)c(Br)c1. The number of hydrogen-bond acceptors (Lipinski definition) is 3. The summed E-state index contributed by atoms with van der Waals surface area (Å²) in [5.41, 5.74) is 6.62. The fraction of sp³-hybridized carbons (Fsp3) is 0.429. The molecular weight excluding hydrogens is 306 g/mol. The van der Waals surface area contributed by atoms with E-state index in [2.05, 4.69) is 27.3 Å². The molecule has 0 aromatic heterocycles. The molecule has 19 heavy (non-hydrogen) atoms. The normalized spacial score (nSPS) is 17.5. The standard InChI is InChI=1S/C14H16BrN3O/c15-11-8-10(9-16)4-5-12(11)18-13(19)14(17)6-2-1-3-7-14/h4-5,8H,1-3,6-7,17H2,(H,18,19). The van der Waals surface area contributed by atoms with Gasteiger partial charge in [0.25, 0.3) is 0 Å². The van der Waals surface area contributed by atoms with E-state index in [4.69, 9.17) is 11.0 Å². The zero-order valence-electron chi connectivity index (χ0n) is 10.6. The number of nitrogens with zero attached hydrogens (tertiary/aromatic N) is 1. The van der Waals surface area contributed by atoms with Crippen molar-refractivity contribution in [2.75, 3.05) is 5.32 Å². The summed E-state index contributed by atoms with van der Waals surface area (Å²) in [7, 11) is 0. The van der Waals surface area contributed by atoms with Gasteiger partial charge in [-0.2, -0.15) is 5.26 Å². The number of nitriles is 1. The Hall–Kier alpha value is -1.38. The van der Waals surface area contributed by atoms with E-state index in [1.54, 1.807) is 18.2 Å². The molecule has 0 aliphatic heterocycles. The van der Waals surface area contributed by atoms with Gasteiger partial charge in [-0.15, -0.1) is 0 Å². The third-order valence-corrected chi connectivity index (χ3v) is 4.20. The van der Waals surface area contributed by atoms with Gasteiger partial charge in [-0.3, -0.25) is 4.79 Å². The maximum atomic E-state index is 12.3. The average Bonchev–Trinajstić information content (AvgIpc) is 2.41. The Bertz CT molecular complexity index is 530. The van der Waals surface area contributed by atoms with Crippen LogP contribution in [0.3, 0.4) is 0 Å². The number of halogens is 1. The minimum absolute atomic E-state index is 0.141. The Morgan fingerprint density at radius 3 is 2.63 bits per heavy atom. The molecule has 1 aromatic rings. The van der Waals surface area contributed by atoms with Crippen molar-refractivity contribution >= 4 is 27.5 Å². The number of nitrogens with one attached hydrogen (secondary N) is 1. The fourth-order valence-electron chi connectivity index (χ4n) is 2.34. The second kappa shape index (κ2) is 5.72. The van der Waals surface area contributed by atoms with Crippen LogP contribution >= 0.6 is 15.9 Å². The molecule has 0 heterocycles. The predicted octanol–water partition coefficient (Wildman–Crippen LogP) is 2.92. The lowest BCUT2D eigenvalue weighted by atomic mass is 9.82. The number of hydrogen-bond donors (Lipinski definition) is 2.